The van der Waals surface area contributed by atoms with Crippen molar-refractivity contribution in [3.63, 3.8) is 0 Å². The van der Waals surface area contributed by atoms with Gasteiger partial charge < -0.3 is 10.1 Å². The number of nitrogens with one attached hydrogen (secondary N) is 1. The average Bonchev–Trinajstić information content (AvgIpc) is 3.31. The minimum Gasteiger partial charge on any atom is -0.470 e. The Hall–Kier alpha value is -1.87. The first-order valence-electron chi connectivity index (χ1n) is 7.64. The third kappa shape index (κ3) is 3.82. The van der Waals surface area contributed by atoms with Gasteiger partial charge in [-0.2, -0.15) is 0 Å². The molecule has 21 heavy (non-hydrogen) atoms. The first-order valence-corrected chi connectivity index (χ1v) is 7.64. The molecule has 3 rings (SSSR count). The second-order valence-corrected chi connectivity index (χ2v) is 5.72. The van der Waals surface area contributed by atoms with Crippen molar-refractivity contribution in [3.05, 3.63) is 59.3 Å². The molecule has 1 saturated carbocycles. The second-order valence-electron chi connectivity index (χ2n) is 5.72. The molecule has 1 aromatic heterocycles. The van der Waals surface area contributed by atoms with Crippen molar-refractivity contribution in [3.8, 4) is 5.88 Å². The summed E-state index contributed by atoms with van der Waals surface area (Å²) < 4.78 is 5.94. The zero-order valence-electron chi connectivity index (χ0n) is 12.7. The molecular formula is C18H22N2O. The molecule has 0 saturated heterocycles. The molecule has 0 spiro atoms. The van der Waals surface area contributed by atoms with E-state index in [-0.39, 0.29) is 6.10 Å². The Morgan fingerprint density at radius 3 is 2.62 bits per heavy atom. The van der Waals surface area contributed by atoms with Gasteiger partial charge in [0.05, 0.1) is 0 Å². The largest absolute Gasteiger partial charge is 0.470 e. The van der Waals surface area contributed by atoms with Crippen LogP contribution < -0.4 is 10.1 Å². The van der Waals surface area contributed by atoms with E-state index in [0.29, 0.717) is 5.88 Å². The molecule has 1 aromatic carbocycles. The fourth-order valence-corrected chi connectivity index (χ4v) is 2.33. The van der Waals surface area contributed by atoms with Crippen molar-refractivity contribution in [2.45, 2.75) is 45.4 Å². The average molecular weight is 282 g/mol. The van der Waals surface area contributed by atoms with Crippen LogP contribution in [-0.4, -0.2) is 11.0 Å². The van der Waals surface area contributed by atoms with Crippen molar-refractivity contribution in [2.75, 3.05) is 0 Å². The van der Waals surface area contributed by atoms with Crippen LogP contribution in [0.2, 0.25) is 0 Å². The van der Waals surface area contributed by atoms with E-state index in [1.165, 1.54) is 18.4 Å². The summed E-state index contributed by atoms with van der Waals surface area (Å²) in [7, 11) is 0. The van der Waals surface area contributed by atoms with Gasteiger partial charge in [0.25, 0.3) is 0 Å². The Labute approximate surface area is 126 Å². The zero-order chi connectivity index (χ0) is 14.7. The highest BCUT2D eigenvalue weighted by atomic mass is 16.5. The number of aromatic nitrogens is 1. The van der Waals surface area contributed by atoms with Crippen molar-refractivity contribution < 1.29 is 4.74 Å². The molecule has 3 nitrogen and oxygen atoms in total. The van der Waals surface area contributed by atoms with E-state index in [9.17, 15) is 0 Å². The van der Waals surface area contributed by atoms with Gasteiger partial charge in [-0.15, -0.1) is 0 Å². The maximum atomic E-state index is 5.94. The predicted octanol–water partition coefficient (Wildman–Crippen LogP) is 3.78. The number of ether oxygens (including phenoxy) is 1. The van der Waals surface area contributed by atoms with Gasteiger partial charge in [0, 0.05) is 24.3 Å². The molecule has 1 aliphatic carbocycles. The van der Waals surface area contributed by atoms with E-state index in [2.05, 4.69) is 35.4 Å². The second kappa shape index (κ2) is 6.27. The van der Waals surface area contributed by atoms with Crippen LogP contribution in [0.1, 0.15) is 42.7 Å². The van der Waals surface area contributed by atoms with Crippen LogP contribution in [-0.2, 0) is 6.54 Å². The van der Waals surface area contributed by atoms with Gasteiger partial charge in [-0.3, -0.25) is 0 Å². The maximum Gasteiger partial charge on any atom is 0.214 e. The molecule has 1 heterocycles. The normalized spacial score (nSPS) is 15.7. The lowest BCUT2D eigenvalue weighted by Gasteiger charge is -2.15. The monoisotopic (exact) mass is 282 g/mol. The molecule has 0 bridgehead atoms. The molecule has 1 fully saturated rings. The minimum absolute atomic E-state index is 0.00791. The van der Waals surface area contributed by atoms with Gasteiger partial charge in [-0.05, 0) is 37.8 Å². The molecule has 1 N–H and O–H groups in total. The summed E-state index contributed by atoms with van der Waals surface area (Å²) in [5.41, 5.74) is 3.46. The highest BCUT2D eigenvalue weighted by Crippen LogP contribution is 2.22. The highest BCUT2D eigenvalue weighted by Gasteiger charge is 2.20. The lowest BCUT2D eigenvalue weighted by Crippen LogP contribution is -2.16. The molecule has 0 aliphatic heterocycles. The summed E-state index contributed by atoms with van der Waals surface area (Å²) in [6.45, 7) is 5.00. The Bertz CT molecular complexity index is 593. The molecule has 0 radical (unpaired) electrons. The number of benzene rings is 1. The van der Waals surface area contributed by atoms with E-state index >= 15 is 0 Å². The van der Waals surface area contributed by atoms with Crippen molar-refractivity contribution in [2.24, 2.45) is 0 Å². The van der Waals surface area contributed by atoms with Crippen molar-refractivity contribution >= 4 is 0 Å². The molecule has 110 valence electrons. The minimum atomic E-state index is 0.00791. The van der Waals surface area contributed by atoms with Gasteiger partial charge in [-0.25, -0.2) is 4.98 Å². The van der Waals surface area contributed by atoms with Crippen LogP contribution >= 0.6 is 0 Å². The van der Waals surface area contributed by atoms with E-state index in [1.807, 2.05) is 31.2 Å². The smallest absolute Gasteiger partial charge is 0.214 e. The summed E-state index contributed by atoms with van der Waals surface area (Å²) in [6.07, 6.45) is 2.62. The van der Waals surface area contributed by atoms with Gasteiger partial charge in [0.1, 0.15) is 6.10 Å². The van der Waals surface area contributed by atoms with E-state index in [4.69, 9.17) is 4.74 Å². The number of pyridine rings is 1. The number of nitrogens with zero attached hydrogens (tertiary/aromatic N) is 1. The zero-order valence-corrected chi connectivity index (χ0v) is 12.7. The number of rotatable bonds is 6. The molecular weight excluding hydrogens is 260 g/mol. The molecule has 3 heteroatoms. The van der Waals surface area contributed by atoms with E-state index in [0.717, 1.165) is 23.8 Å². The Morgan fingerprint density at radius 2 is 1.95 bits per heavy atom. The molecule has 0 amide bonds. The lowest BCUT2D eigenvalue weighted by atomic mass is 10.1. The summed E-state index contributed by atoms with van der Waals surface area (Å²) in [5.74, 6) is 0.694. The van der Waals surface area contributed by atoms with Crippen LogP contribution in [0, 0.1) is 6.92 Å². The topological polar surface area (TPSA) is 34.1 Å². The van der Waals surface area contributed by atoms with Gasteiger partial charge in [-0.1, -0.05) is 36.4 Å². The van der Waals surface area contributed by atoms with Gasteiger partial charge in [0.15, 0.2) is 0 Å². The fraction of sp³-hybridized carbons (Fsp3) is 0.389. The third-order valence-electron chi connectivity index (χ3n) is 3.89. The van der Waals surface area contributed by atoms with Gasteiger partial charge >= 0.3 is 0 Å². The quantitative estimate of drug-likeness (QED) is 0.875. The van der Waals surface area contributed by atoms with Crippen LogP contribution in [0.3, 0.4) is 0 Å². The molecule has 1 atom stereocenters. The van der Waals surface area contributed by atoms with Crippen LogP contribution in [0.25, 0.3) is 0 Å². The van der Waals surface area contributed by atoms with Crippen LogP contribution in [0.4, 0.5) is 0 Å². The summed E-state index contributed by atoms with van der Waals surface area (Å²) in [4.78, 5) is 4.57. The number of aryl methyl sites for hydroxylation is 1. The Kier molecular flexibility index (Phi) is 4.20. The first-order chi connectivity index (χ1) is 10.2. The Balaban J connectivity index is 1.64. The number of hydrogen-bond acceptors (Lipinski definition) is 3. The first kappa shape index (κ1) is 14.1. The Morgan fingerprint density at radius 1 is 1.19 bits per heavy atom. The standard InChI is InChI=1S/C18H22N2O/c1-13-16(12-19-17-9-10-17)8-11-18(20-13)21-14(2)15-6-4-3-5-7-15/h3-8,11,14,17,19H,9-10,12H2,1-2H3. The summed E-state index contributed by atoms with van der Waals surface area (Å²) in [5, 5.41) is 3.52. The fourth-order valence-electron chi connectivity index (χ4n) is 2.33. The van der Waals surface area contributed by atoms with Crippen LogP contribution in [0.5, 0.6) is 5.88 Å². The van der Waals surface area contributed by atoms with E-state index < -0.39 is 0 Å². The maximum absolute atomic E-state index is 5.94. The highest BCUT2D eigenvalue weighted by molar-refractivity contribution is 5.26. The summed E-state index contributed by atoms with van der Waals surface area (Å²) >= 11 is 0. The third-order valence-corrected chi connectivity index (χ3v) is 3.89. The summed E-state index contributed by atoms with van der Waals surface area (Å²) in [6, 6.07) is 15.0. The predicted molar refractivity (Wildman–Crippen MR) is 84.3 cm³/mol. The lowest BCUT2D eigenvalue weighted by molar-refractivity contribution is 0.217. The van der Waals surface area contributed by atoms with Crippen LogP contribution in [0.15, 0.2) is 42.5 Å². The van der Waals surface area contributed by atoms with Crippen molar-refractivity contribution in [1.82, 2.24) is 10.3 Å². The number of hydrogen-bond donors (Lipinski definition) is 1. The molecule has 2 aromatic rings. The van der Waals surface area contributed by atoms with Crippen molar-refractivity contribution in [1.29, 1.82) is 0 Å². The SMILES string of the molecule is Cc1nc(OC(C)c2ccccc2)ccc1CNC1CC1. The van der Waals surface area contributed by atoms with Gasteiger partial charge in [0.2, 0.25) is 5.88 Å². The van der Waals surface area contributed by atoms with E-state index in [1.54, 1.807) is 0 Å². The molecule has 1 unspecified atom stereocenters. The molecule has 1 aliphatic rings.